The number of hydrogen-bond donors (Lipinski definition) is 4. The Morgan fingerprint density at radius 1 is 0.833 bits per heavy atom. The first-order valence-corrected chi connectivity index (χ1v) is 13.4. The first-order valence-electron chi connectivity index (χ1n) is 13.4. The summed E-state index contributed by atoms with van der Waals surface area (Å²) in [6, 6.07) is 31.0. The highest BCUT2D eigenvalue weighted by Crippen LogP contribution is 2.37. The fraction of sp³-hybridized carbons (Fsp3) is 0.182. The van der Waals surface area contributed by atoms with E-state index in [0.717, 1.165) is 22.4 Å². The van der Waals surface area contributed by atoms with E-state index in [2.05, 4.69) is 10.6 Å². The van der Waals surface area contributed by atoms with Crippen molar-refractivity contribution in [2.24, 2.45) is 5.73 Å². The molecule has 0 heterocycles. The van der Waals surface area contributed by atoms with Gasteiger partial charge in [-0.3, -0.25) is 15.0 Å². The van der Waals surface area contributed by atoms with E-state index in [1.807, 2.05) is 91.0 Å². The number of methoxy groups -OCH3 is 1. The van der Waals surface area contributed by atoms with Crippen LogP contribution in [-0.4, -0.2) is 31.4 Å². The lowest BCUT2D eigenvalue weighted by atomic mass is 9.92. The van der Waals surface area contributed by atoms with Gasteiger partial charge in [-0.1, -0.05) is 66.7 Å². The number of carbonyl (C=O) groups excluding carboxylic acids is 2. The lowest BCUT2D eigenvalue weighted by Crippen LogP contribution is -2.37. The van der Waals surface area contributed by atoms with E-state index in [1.54, 1.807) is 19.2 Å². The van der Waals surface area contributed by atoms with E-state index in [1.165, 1.54) is 6.92 Å². The molecule has 0 bridgehead atoms. The van der Waals surface area contributed by atoms with Gasteiger partial charge < -0.3 is 30.6 Å². The minimum Gasteiger partial charge on any atom is -0.493 e. The van der Waals surface area contributed by atoms with Crippen LogP contribution in [0, 0.1) is 5.41 Å². The number of amidine groups is 1. The summed E-state index contributed by atoms with van der Waals surface area (Å²) in [5.41, 5.74) is 9.63. The quantitative estimate of drug-likeness (QED) is 0.100. The molecule has 0 saturated heterocycles. The Hall–Kier alpha value is -5.31. The van der Waals surface area contributed by atoms with Crippen LogP contribution >= 0.6 is 0 Å². The summed E-state index contributed by atoms with van der Waals surface area (Å²) in [7, 11) is 1.58. The Labute approximate surface area is 245 Å². The number of anilines is 1. The molecule has 216 valence electrons. The molecule has 4 rings (SSSR count). The smallest absolute Gasteiger partial charge is 0.303 e. The van der Waals surface area contributed by atoms with Crippen molar-refractivity contribution in [3.63, 3.8) is 0 Å². The summed E-state index contributed by atoms with van der Waals surface area (Å²) >= 11 is 0. The Kier molecular flexibility index (Phi) is 10.1. The zero-order valence-corrected chi connectivity index (χ0v) is 23.5. The van der Waals surface area contributed by atoms with E-state index < -0.39 is 30.6 Å². The van der Waals surface area contributed by atoms with Gasteiger partial charge in [0.05, 0.1) is 19.2 Å². The average molecular weight is 567 g/mol. The molecule has 4 aromatic carbocycles. The van der Waals surface area contributed by atoms with E-state index in [9.17, 15) is 9.59 Å². The van der Waals surface area contributed by atoms with Crippen molar-refractivity contribution in [3.05, 3.63) is 125 Å². The second kappa shape index (κ2) is 14.4. The number of nitrogens with two attached hydrogens (primary N) is 1. The van der Waals surface area contributed by atoms with Crippen LogP contribution in [0.2, 0.25) is 0 Å². The number of benzene rings is 4. The van der Waals surface area contributed by atoms with Gasteiger partial charge in [-0.05, 0) is 53.1 Å². The Balaban J connectivity index is 1.71. The number of rotatable bonds is 13. The van der Waals surface area contributed by atoms with E-state index in [4.69, 9.17) is 25.4 Å². The molecule has 0 aliphatic heterocycles. The third-order valence-corrected chi connectivity index (χ3v) is 6.52. The van der Waals surface area contributed by atoms with Crippen molar-refractivity contribution in [2.45, 2.75) is 25.6 Å². The molecule has 0 spiro atoms. The number of nitrogen functional groups attached to an aromatic ring is 1. The van der Waals surface area contributed by atoms with Crippen molar-refractivity contribution in [2.75, 3.05) is 19.0 Å². The molecule has 1 amide bonds. The maximum Gasteiger partial charge on any atom is 0.303 e. The first-order chi connectivity index (χ1) is 20.3. The van der Waals surface area contributed by atoms with Gasteiger partial charge in [-0.25, -0.2) is 0 Å². The van der Waals surface area contributed by atoms with Gasteiger partial charge >= 0.3 is 5.97 Å². The molecule has 0 aromatic heterocycles. The molecular formula is C33H34N4O5. The third kappa shape index (κ3) is 8.11. The van der Waals surface area contributed by atoms with Crippen LogP contribution in [0.15, 0.2) is 103 Å². The Morgan fingerprint density at radius 2 is 1.50 bits per heavy atom. The summed E-state index contributed by atoms with van der Waals surface area (Å²) in [5.74, 6) is 0.0730. The number of esters is 1. The van der Waals surface area contributed by atoms with Crippen LogP contribution in [0.4, 0.5) is 5.69 Å². The topological polar surface area (TPSA) is 136 Å². The number of amides is 1. The highest BCUT2D eigenvalue weighted by molar-refractivity contribution is 5.95. The van der Waals surface area contributed by atoms with Gasteiger partial charge in [0.2, 0.25) is 0 Å². The summed E-state index contributed by atoms with van der Waals surface area (Å²) in [6.07, 6.45) is 0. The minimum atomic E-state index is -0.581. The second-order valence-electron chi connectivity index (χ2n) is 9.53. The summed E-state index contributed by atoms with van der Waals surface area (Å²) in [5, 5.41) is 14.3. The van der Waals surface area contributed by atoms with Crippen LogP contribution in [0.3, 0.4) is 0 Å². The molecule has 2 atom stereocenters. The molecule has 0 fully saturated rings. The lowest BCUT2D eigenvalue weighted by molar-refractivity contribution is -0.146. The second-order valence-corrected chi connectivity index (χ2v) is 9.53. The van der Waals surface area contributed by atoms with E-state index in [0.29, 0.717) is 23.7 Å². The fourth-order valence-corrected chi connectivity index (χ4v) is 4.42. The third-order valence-electron chi connectivity index (χ3n) is 6.52. The average Bonchev–Trinajstić information content (AvgIpc) is 3.01. The fourth-order valence-electron chi connectivity index (χ4n) is 4.42. The highest BCUT2D eigenvalue weighted by Gasteiger charge is 2.28. The van der Waals surface area contributed by atoms with Gasteiger partial charge in [0, 0.05) is 18.2 Å². The SMILES string of the molecule is COc1cc(C(Nc2ccc(C(=N)N)cc2)C(NC(=O)COC(C)=O)c2ccccc2)ccc1OCc1ccccc1. The van der Waals surface area contributed by atoms with Gasteiger partial charge in [-0.2, -0.15) is 0 Å². The molecule has 9 nitrogen and oxygen atoms in total. The van der Waals surface area contributed by atoms with Crippen molar-refractivity contribution >= 4 is 23.4 Å². The zero-order valence-electron chi connectivity index (χ0n) is 23.5. The molecule has 9 heteroatoms. The van der Waals surface area contributed by atoms with E-state index in [-0.39, 0.29) is 5.84 Å². The Morgan fingerprint density at radius 3 is 2.12 bits per heavy atom. The number of hydrogen-bond acceptors (Lipinski definition) is 7. The lowest BCUT2D eigenvalue weighted by Gasteiger charge is -2.31. The van der Waals surface area contributed by atoms with Gasteiger partial charge in [0.1, 0.15) is 12.4 Å². The van der Waals surface area contributed by atoms with Crippen LogP contribution in [0.25, 0.3) is 0 Å². The maximum absolute atomic E-state index is 12.9. The van der Waals surface area contributed by atoms with Crippen molar-refractivity contribution < 1.29 is 23.8 Å². The molecule has 0 saturated carbocycles. The standard InChI is InChI=1S/C33H34N4O5/c1-22(38)41-21-30(39)37-31(24-11-7-4-8-12-24)32(36-27-16-13-25(14-17-27)33(34)35)26-15-18-28(29(19-26)40-2)42-20-23-9-5-3-6-10-23/h3-19,31-32,36H,20-21H2,1-2H3,(H3,34,35)(H,37,39). The molecule has 5 N–H and O–H groups in total. The number of nitrogens with one attached hydrogen (secondary N) is 3. The number of carbonyl (C=O) groups is 2. The molecule has 2 unspecified atom stereocenters. The van der Waals surface area contributed by atoms with Crippen LogP contribution in [-0.2, 0) is 20.9 Å². The van der Waals surface area contributed by atoms with Crippen LogP contribution in [0.5, 0.6) is 11.5 Å². The highest BCUT2D eigenvalue weighted by atomic mass is 16.5. The zero-order chi connectivity index (χ0) is 29.9. The van der Waals surface area contributed by atoms with Crippen molar-refractivity contribution in [1.29, 1.82) is 5.41 Å². The summed E-state index contributed by atoms with van der Waals surface area (Å²) < 4.78 is 16.7. The monoisotopic (exact) mass is 566 g/mol. The van der Waals surface area contributed by atoms with Crippen LogP contribution < -0.4 is 25.8 Å². The normalized spacial score (nSPS) is 12.0. The summed E-state index contributed by atoms with van der Waals surface area (Å²) in [4.78, 5) is 24.3. The van der Waals surface area contributed by atoms with Crippen LogP contribution in [0.1, 0.15) is 41.3 Å². The molecule has 42 heavy (non-hydrogen) atoms. The minimum absolute atomic E-state index is 0.0335. The maximum atomic E-state index is 12.9. The molecular weight excluding hydrogens is 532 g/mol. The molecule has 4 aromatic rings. The molecule has 0 radical (unpaired) electrons. The van der Waals surface area contributed by atoms with Gasteiger partial charge in [-0.15, -0.1) is 0 Å². The molecule has 0 aliphatic carbocycles. The predicted octanol–water partition coefficient (Wildman–Crippen LogP) is 5.13. The first kappa shape index (κ1) is 29.7. The van der Waals surface area contributed by atoms with Gasteiger partial charge in [0.15, 0.2) is 18.1 Å². The molecule has 0 aliphatic rings. The largest absolute Gasteiger partial charge is 0.493 e. The van der Waals surface area contributed by atoms with E-state index >= 15 is 0 Å². The van der Waals surface area contributed by atoms with Gasteiger partial charge in [0.25, 0.3) is 5.91 Å². The van der Waals surface area contributed by atoms with Crippen molar-refractivity contribution in [1.82, 2.24) is 5.32 Å². The Bertz CT molecular complexity index is 1490. The number of ether oxygens (including phenoxy) is 3. The predicted molar refractivity (Wildman–Crippen MR) is 162 cm³/mol. The van der Waals surface area contributed by atoms with Crippen molar-refractivity contribution in [3.8, 4) is 11.5 Å². The summed E-state index contributed by atoms with van der Waals surface area (Å²) in [6.45, 7) is 1.22.